The van der Waals surface area contributed by atoms with Gasteiger partial charge in [0.15, 0.2) is 0 Å². The van der Waals surface area contributed by atoms with Crippen molar-refractivity contribution in [3.8, 4) is 16.9 Å². The summed E-state index contributed by atoms with van der Waals surface area (Å²) in [6.07, 6.45) is 0. The van der Waals surface area contributed by atoms with Gasteiger partial charge < -0.3 is 15.5 Å². The van der Waals surface area contributed by atoms with E-state index in [-0.39, 0.29) is 30.3 Å². The molecule has 0 bridgehead atoms. The molecule has 0 saturated heterocycles. The molecule has 3 rings (SSSR count). The van der Waals surface area contributed by atoms with Crippen LogP contribution in [-0.2, 0) is 4.79 Å². The smallest absolute Gasteiger partial charge is 0.318 e. The van der Waals surface area contributed by atoms with Crippen LogP contribution in [0.3, 0.4) is 0 Å². The Morgan fingerprint density at radius 2 is 1.70 bits per heavy atom. The number of urea groups is 1. The van der Waals surface area contributed by atoms with Crippen LogP contribution in [0.5, 0.6) is 0 Å². The number of hydrogen-bond donors (Lipinski definition) is 2. The number of carbonyl (C=O) groups excluding carboxylic acids is 2. The van der Waals surface area contributed by atoms with Crippen LogP contribution in [0.2, 0.25) is 0 Å². The number of halogens is 1. The van der Waals surface area contributed by atoms with Crippen molar-refractivity contribution < 1.29 is 14.0 Å². The van der Waals surface area contributed by atoms with E-state index in [1.165, 1.54) is 17.0 Å². The fourth-order valence-corrected chi connectivity index (χ4v) is 3.22. The Morgan fingerprint density at radius 1 is 1.06 bits per heavy atom. The molecule has 0 aliphatic carbocycles. The van der Waals surface area contributed by atoms with Crippen LogP contribution in [0.25, 0.3) is 16.9 Å². The highest BCUT2D eigenvalue weighted by Crippen LogP contribution is 2.25. The summed E-state index contributed by atoms with van der Waals surface area (Å²) >= 11 is 0. The van der Waals surface area contributed by atoms with Crippen LogP contribution in [-0.4, -0.2) is 44.7 Å². The van der Waals surface area contributed by atoms with Gasteiger partial charge >= 0.3 is 6.03 Å². The molecular formula is C25H30FN5O2. The molecule has 8 heteroatoms. The molecule has 0 saturated carbocycles. The number of amides is 3. The molecule has 0 atom stereocenters. The molecule has 174 valence electrons. The van der Waals surface area contributed by atoms with Crippen LogP contribution in [0, 0.1) is 5.82 Å². The average Bonchev–Trinajstić information content (AvgIpc) is 3.15. The standard InChI is InChI=1S/C25H30FN5O2/c1-17(2)30(24(33)28-25(3,4)5)16-23(32)27-22-15-21(18-9-7-6-8-10-18)29-31(22)20-13-11-19(26)12-14-20/h6-15,17H,16H2,1-5H3,(H,27,32)(H,28,33). The van der Waals surface area contributed by atoms with Gasteiger partial charge in [0.1, 0.15) is 18.2 Å². The summed E-state index contributed by atoms with van der Waals surface area (Å²) in [7, 11) is 0. The van der Waals surface area contributed by atoms with E-state index >= 15 is 0 Å². The molecular weight excluding hydrogens is 421 g/mol. The summed E-state index contributed by atoms with van der Waals surface area (Å²) < 4.78 is 15.0. The SMILES string of the molecule is CC(C)N(CC(=O)Nc1cc(-c2ccccc2)nn1-c1ccc(F)cc1)C(=O)NC(C)(C)C. The van der Waals surface area contributed by atoms with Gasteiger partial charge in [-0.2, -0.15) is 5.10 Å². The molecule has 2 N–H and O–H groups in total. The fourth-order valence-electron chi connectivity index (χ4n) is 3.22. The second kappa shape index (κ2) is 9.85. The van der Waals surface area contributed by atoms with Crippen molar-refractivity contribution in [2.75, 3.05) is 11.9 Å². The quantitative estimate of drug-likeness (QED) is 0.563. The Labute approximate surface area is 193 Å². The van der Waals surface area contributed by atoms with Crippen molar-refractivity contribution in [2.45, 2.75) is 46.2 Å². The monoisotopic (exact) mass is 451 g/mol. The van der Waals surface area contributed by atoms with E-state index in [1.54, 1.807) is 22.9 Å². The maximum Gasteiger partial charge on any atom is 0.318 e. The number of anilines is 1. The maximum absolute atomic E-state index is 13.5. The summed E-state index contributed by atoms with van der Waals surface area (Å²) in [5.74, 6) is -0.307. The summed E-state index contributed by atoms with van der Waals surface area (Å²) in [6, 6.07) is 16.7. The predicted molar refractivity (Wildman–Crippen MR) is 128 cm³/mol. The first-order valence-electron chi connectivity index (χ1n) is 10.8. The van der Waals surface area contributed by atoms with E-state index in [2.05, 4.69) is 15.7 Å². The number of nitrogens with zero attached hydrogens (tertiary/aromatic N) is 3. The molecule has 0 fully saturated rings. The molecule has 0 aliphatic heterocycles. The lowest BCUT2D eigenvalue weighted by atomic mass is 10.1. The molecule has 0 unspecified atom stereocenters. The maximum atomic E-state index is 13.5. The molecule has 2 aromatic carbocycles. The Morgan fingerprint density at radius 3 is 2.27 bits per heavy atom. The lowest BCUT2D eigenvalue weighted by Crippen LogP contribution is -2.52. The summed E-state index contributed by atoms with van der Waals surface area (Å²) in [5.41, 5.74) is 1.70. The number of hydrogen-bond acceptors (Lipinski definition) is 3. The topological polar surface area (TPSA) is 79.3 Å². The molecule has 3 amide bonds. The van der Waals surface area contributed by atoms with Crippen LogP contribution >= 0.6 is 0 Å². The van der Waals surface area contributed by atoms with Gasteiger partial charge in [0.25, 0.3) is 0 Å². The van der Waals surface area contributed by atoms with E-state index in [4.69, 9.17) is 0 Å². The molecule has 1 heterocycles. The lowest BCUT2D eigenvalue weighted by molar-refractivity contribution is -0.117. The third-order valence-corrected chi connectivity index (χ3v) is 4.80. The average molecular weight is 452 g/mol. The van der Waals surface area contributed by atoms with E-state index in [1.807, 2.05) is 65.0 Å². The molecule has 7 nitrogen and oxygen atoms in total. The van der Waals surface area contributed by atoms with E-state index in [0.29, 0.717) is 17.2 Å². The second-order valence-corrected chi connectivity index (χ2v) is 9.12. The minimum absolute atomic E-state index is 0.130. The number of nitrogens with one attached hydrogen (secondary N) is 2. The van der Waals surface area contributed by atoms with E-state index < -0.39 is 5.54 Å². The van der Waals surface area contributed by atoms with Crippen molar-refractivity contribution in [2.24, 2.45) is 0 Å². The number of rotatable bonds is 6. The van der Waals surface area contributed by atoms with E-state index in [0.717, 1.165) is 5.56 Å². The predicted octanol–water partition coefficient (Wildman–Crippen LogP) is 4.84. The third kappa shape index (κ3) is 6.41. The minimum Gasteiger partial charge on any atom is -0.333 e. The normalized spacial score (nSPS) is 11.4. The van der Waals surface area contributed by atoms with Crippen LogP contribution in [0.15, 0.2) is 60.7 Å². The van der Waals surface area contributed by atoms with Gasteiger partial charge in [0, 0.05) is 23.2 Å². The van der Waals surface area contributed by atoms with Gasteiger partial charge in [-0.25, -0.2) is 13.9 Å². The van der Waals surface area contributed by atoms with Crippen molar-refractivity contribution in [3.05, 3.63) is 66.5 Å². The lowest BCUT2D eigenvalue weighted by Gasteiger charge is -2.30. The Kier molecular flexibility index (Phi) is 7.16. The first-order valence-corrected chi connectivity index (χ1v) is 10.8. The zero-order valence-corrected chi connectivity index (χ0v) is 19.6. The van der Waals surface area contributed by atoms with Crippen molar-refractivity contribution >= 4 is 17.8 Å². The summed E-state index contributed by atoms with van der Waals surface area (Å²) in [4.78, 5) is 27.1. The summed E-state index contributed by atoms with van der Waals surface area (Å²) in [6.45, 7) is 9.23. The first kappa shape index (κ1) is 24.0. The molecule has 0 radical (unpaired) electrons. The Balaban J connectivity index is 1.88. The molecule has 3 aromatic rings. The van der Waals surface area contributed by atoms with Crippen molar-refractivity contribution in [1.29, 1.82) is 0 Å². The zero-order chi connectivity index (χ0) is 24.2. The van der Waals surface area contributed by atoms with Crippen molar-refractivity contribution in [1.82, 2.24) is 20.0 Å². The zero-order valence-electron chi connectivity index (χ0n) is 19.6. The minimum atomic E-state index is -0.424. The third-order valence-electron chi connectivity index (χ3n) is 4.80. The van der Waals surface area contributed by atoms with Gasteiger partial charge in [0.05, 0.1) is 11.4 Å². The van der Waals surface area contributed by atoms with Crippen LogP contribution in [0.4, 0.5) is 15.0 Å². The molecule has 33 heavy (non-hydrogen) atoms. The summed E-state index contributed by atoms with van der Waals surface area (Å²) in [5, 5.41) is 10.4. The highest BCUT2D eigenvalue weighted by molar-refractivity contribution is 5.94. The van der Waals surface area contributed by atoms with Crippen LogP contribution in [0.1, 0.15) is 34.6 Å². The fraction of sp³-hybridized carbons (Fsp3) is 0.320. The molecule has 0 spiro atoms. The molecule has 1 aromatic heterocycles. The second-order valence-electron chi connectivity index (χ2n) is 9.12. The highest BCUT2D eigenvalue weighted by atomic mass is 19.1. The number of aromatic nitrogens is 2. The largest absolute Gasteiger partial charge is 0.333 e. The van der Waals surface area contributed by atoms with Gasteiger partial charge in [-0.3, -0.25) is 4.79 Å². The first-order chi connectivity index (χ1) is 15.5. The number of benzene rings is 2. The van der Waals surface area contributed by atoms with Gasteiger partial charge in [-0.15, -0.1) is 0 Å². The van der Waals surface area contributed by atoms with Gasteiger partial charge in [-0.1, -0.05) is 30.3 Å². The van der Waals surface area contributed by atoms with Gasteiger partial charge in [-0.05, 0) is 58.9 Å². The Bertz CT molecular complexity index is 1100. The van der Waals surface area contributed by atoms with E-state index in [9.17, 15) is 14.0 Å². The van der Waals surface area contributed by atoms with Gasteiger partial charge in [0.2, 0.25) is 5.91 Å². The Hall–Kier alpha value is -3.68. The van der Waals surface area contributed by atoms with Crippen molar-refractivity contribution in [3.63, 3.8) is 0 Å². The highest BCUT2D eigenvalue weighted by Gasteiger charge is 2.24. The molecule has 0 aliphatic rings. The van der Waals surface area contributed by atoms with Crippen LogP contribution < -0.4 is 10.6 Å². The number of carbonyl (C=O) groups is 2.